The Bertz CT molecular complexity index is 2580. The molecule has 0 aliphatic heterocycles. The fourth-order valence-corrected chi connectivity index (χ4v) is 8.24. The van der Waals surface area contributed by atoms with Gasteiger partial charge in [-0.25, -0.2) is 0 Å². The van der Waals surface area contributed by atoms with Gasteiger partial charge in [-0.2, -0.15) is 0 Å². The SMILES string of the molecule is Cc1cc(-c2c3c(c(-c4cc(C)c(C)c(C)c4)c4cc5ccccc5cc24)-c2cc4ccccc4c4cccc-3c24)cc(C)c1C. The van der Waals surface area contributed by atoms with Gasteiger partial charge in [-0.15, -0.1) is 0 Å². The van der Waals surface area contributed by atoms with Gasteiger partial charge < -0.3 is 0 Å². The van der Waals surface area contributed by atoms with Crippen molar-refractivity contribution < 1.29 is 0 Å². The van der Waals surface area contributed by atoms with Gasteiger partial charge in [0.15, 0.2) is 0 Å². The highest BCUT2D eigenvalue weighted by molar-refractivity contribution is 6.31. The Balaban J connectivity index is 1.59. The Morgan fingerprint density at radius 1 is 0.326 bits per heavy atom. The Morgan fingerprint density at radius 3 is 1.33 bits per heavy atom. The monoisotopic (exact) mass is 588 g/mol. The second kappa shape index (κ2) is 9.65. The van der Waals surface area contributed by atoms with Crippen molar-refractivity contribution in [2.75, 3.05) is 0 Å². The van der Waals surface area contributed by atoms with E-state index in [4.69, 9.17) is 0 Å². The first kappa shape index (κ1) is 27.1. The van der Waals surface area contributed by atoms with Gasteiger partial charge in [0.25, 0.3) is 0 Å². The van der Waals surface area contributed by atoms with E-state index < -0.39 is 0 Å². The van der Waals surface area contributed by atoms with Gasteiger partial charge in [-0.1, -0.05) is 91.0 Å². The van der Waals surface area contributed by atoms with E-state index >= 15 is 0 Å². The number of hydrogen-bond acceptors (Lipinski definition) is 0. The molecule has 46 heavy (non-hydrogen) atoms. The van der Waals surface area contributed by atoms with E-state index in [0.29, 0.717) is 0 Å². The largest absolute Gasteiger partial charge is 0.0616 e. The molecule has 220 valence electrons. The van der Waals surface area contributed by atoms with Crippen molar-refractivity contribution in [2.24, 2.45) is 0 Å². The van der Waals surface area contributed by atoms with E-state index in [1.54, 1.807) is 0 Å². The van der Waals surface area contributed by atoms with Gasteiger partial charge in [-0.05, 0) is 181 Å². The molecule has 0 bridgehead atoms. The minimum atomic E-state index is 1.28. The van der Waals surface area contributed by atoms with Crippen LogP contribution in [0.25, 0.3) is 87.6 Å². The standard InChI is InChI=1S/C46H36/c1-25-18-34(19-26(2)29(25)5)42-39-22-31-12-7-8-13-32(31)23-40(39)43(35-20-27(3)30(6)28(4)21-35)46-41-24-33-14-9-10-15-36(33)37-16-11-17-38(44(37)41)45(42)46/h7-24H,1-6H3. The first-order chi connectivity index (χ1) is 22.3. The van der Waals surface area contributed by atoms with E-state index in [1.165, 1.54) is 121 Å². The van der Waals surface area contributed by atoms with E-state index in [0.717, 1.165) is 0 Å². The van der Waals surface area contributed by atoms with Crippen LogP contribution >= 0.6 is 0 Å². The summed E-state index contributed by atoms with van der Waals surface area (Å²) in [5.41, 5.74) is 18.8. The Labute approximate surface area is 271 Å². The molecule has 0 saturated carbocycles. The van der Waals surface area contributed by atoms with Gasteiger partial charge in [-0.3, -0.25) is 0 Å². The van der Waals surface area contributed by atoms with Crippen LogP contribution in [0.2, 0.25) is 0 Å². The molecule has 0 spiro atoms. The summed E-state index contributed by atoms with van der Waals surface area (Å²) < 4.78 is 0. The van der Waals surface area contributed by atoms with Crippen molar-refractivity contribution >= 4 is 43.1 Å². The Kier molecular flexibility index (Phi) is 5.69. The fourth-order valence-electron chi connectivity index (χ4n) is 8.24. The lowest BCUT2D eigenvalue weighted by molar-refractivity contribution is 1.27. The Morgan fingerprint density at radius 2 is 0.783 bits per heavy atom. The van der Waals surface area contributed by atoms with Crippen LogP contribution in [-0.2, 0) is 0 Å². The van der Waals surface area contributed by atoms with Crippen LogP contribution in [0, 0.1) is 41.5 Å². The number of rotatable bonds is 2. The average molecular weight is 589 g/mol. The third kappa shape index (κ3) is 3.68. The van der Waals surface area contributed by atoms with Gasteiger partial charge in [0, 0.05) is 0 Å². The van der Waals surface area contributed by atoms with Crippen molar-refractivity contribution in [2.45, 2.75) is 41.5 Å². The molecular formula is C46H36. The summed E-state index contributed by atoms with van der Waals surface area (Å²) >= 11 is 0. The summed E-state index contributed by atoms with van der Waals surface area (Å²) in [4.78, 5) is 0. The molecule has 0 unspecified atom stereocenters. The second-order valence-electron chi connectivity index (χ2n) is 13.6. The number of fused-ring (bicyclic) bond motifs is 7. The first-order valence-corrected chi connectivity index (χ1v) is 16.4. The third-order valence-electron chi connectivity index (χ3n) is 11.0. The maximum atomic E-state index is 2.46. The molecule has 1 aliphatic carbocycles. The molecule has 0 radical (unpaired) electrons. The summed E-state index contributed by atoms with van der Waals surface area (Å²) in [7, 11) is 0. The highest BCUT2D eigenvalue weighted by atomic mass is 14.3. The average Bonchev–Trinajstić information content (AvgIpc) is 3.38. The maximum absolute atomic E-state index is 2.46. The lowest BCUT2D eigenvalue weighted by atomic mass is 9.80. The molecule has 0 nitrogen and oxygen atoms in total. The minimum Gasteiger partial charge on any atom is -0.0616 e. The van der Waals surface area contributed by atoms with E-state index in [1.807, 2.05) is 0 Å². The normalized spacial score (nSPS) is 12.1. The smallest absolute Gasteiger partial charge is 0.000719 e. The van der Waals surface area contributed by atoms with Gasteiger partial charge in [0.2, 0.25) is 0 Å². The molecule has 8 aromatic carbocycles. The van der Waals surface area contributed by atoms with Crippen molar-refractivity contribution in [1.82, 2.24) is 0 Å². The van der Waals surface area contributed by atoms with Crippen LogP contribution in [-0.4, -0.2) is 0 Å². The summed E-state index contributed by atoms with van der Waals surface area (Å²) in [6, 6.07) is 41.8. The van der Waals surface area contributed by atoms with E-state index in [9.17, 15) is 0 Å². The van der Waals surface area contributed by atoms with Crippen LogP contribution < -0.4 is 0 Å². The van der Waals surface area contributed by atoms with Crippen molar-refractivity contribution in [1.29, 1.82) is 0 Å². The zero-order valence-corrected chi connectivity index (χ0v) is 27.4. The summed E-state index contributed by atoms with van der Waals surface area (Å²) in [6.07, 6.45) is 0. The van der Waals surface area contributed by atoms with Crippen LogP contribution in [0.15, 0.2) is 109 Å². The van der Waals surface area contributed by atoms with Crippen LogP contribution in [0.1, 0.15) is 33.4 Å². The van der Waals surface area contributed by atoms with E-state index in [-0.39, 0.29) is 0 Å². The number of hydrogen-bond donors (Lipinski definition) is 0. The molecule has 1 aliphatic rings. The van der Waals surface area contributed by atoms with Gasteiger partial charge >= 0.3 is 0 Å². The molecule has 0 atom stereocenters. The highest BCUT2D eigenvalue weighted by Crippen LogP contribution is 2.59. The van der Waals surface area contributed by atoms with Crippen LogP contribution in [0.4, 0.5) is 0 Å². The second-order valence-corrected chi connectivity index (χ2v) is 13.6. The summed E-state index contributed by atoms with van der Waals surface area (Å²) in [5, 5.41) is 10.5. The molecule has 0 amide bonds. The minimum absolute atomic E-state index is 1.28. The van der Waals surface area contributed by atoms with Crippen LogP contribution in [0.3, 0.4) is 0 Å². The van der Waals surface area contributed by atoms with Crippen molar-refractivity contribution in [3.63, 3.8) is 0 Å². The predicted octanol–water partition coefficient (Wildman–Crippen LogP) is 13.1. The van der Waals surface area contributed by atoms with Crippen LogP contribution in [0.5, 0.6) is 0 Å². The van der Waals surface area contributed by atoms with Gasteiger partial charge in [0.05, 0.1) is 0 Å². The van der Waals surface area contributed by atoms with Crippen molar-refractivity contribution in [3.05, 3.63) is 143 Å². The molecule has 0 N–H and O–H groups in total. The lowest BCUT2D eigenvalue weighted by Crippen LogP contribution is -1.97. The third-order valence-corrected chi connectivity index (χ3v) is 11.0. The molecule has 0 fully saturated rings. The summed E-state index contributed by atoms with van der Waals surface area (Å²) in [6.45, 7) is 13.5. The molecule has 0 aromatic heterocycles. The molecule has 0 heterocycles. The molecule has 8 aromatic rings. The predicted molar refractivity (Wildman–Crippen MR) is 200 cm³/mol. The van der Waals surface area contributed by atoms with Gasteiger partial charge in [0.1, 0.15) is 0 Å². The summed E-state index contributed by atoms with van der Waals surface area (Å²) in [5.74, 6) is 0. The molecule has 0 heteroatoms. The quantitative estimate of drug-likeness (QED) is 0.139. The highest BCUT2D eigenvalue weighted by Gasteiger charge is 2.32. The first-order valence-electron chi connectivity index (χ1n) is 16.4. The number of aryl methyl sites for hydroxylation is 4. The molecule has 9 rings (SSSR count). The lowest BCUT2D eigenvalue weighted by Gasteiger charge is -2.23. The number of benzene rings is 8. The topological polar surface area (TPSA) is 0 Å². The van der Waals surface area contributed by atoms with Crippen molar-refractivity contribution in [3.8, 4) is 44.5 Å². The zero-order valence-electron chi connectivity index (χ0n) is 27.4. The Hall–Kier alpha value is -5.20. The molecular weight excluding hydrogens is 553 g/mol. The zero-order chi connectivity index (χ0) is 31.4. The van der Waals surface area contributed by atoms with E-state index in [2.05, 4.69) is 151 Å². The fraction of sp³-hybridized carbons (Fsp3) is 0.130. The maximum Gasteiger partial charge on any atom is -0.000719 e. The molecule has 0 saturated heterocycles.